The van der Waals surface area contributed by atoms with Crippen LogP contribution < -0.4 is 0 Å². The number of carbonyl (C=O) groups excluding carboxylic acids is 2. The van der Waals surface area contributed by atoms with E-state index < -0.39 is 5.41 Å². The van der Waals surface area contributed by atoms with Gasteiger partial charge >= 0.3 is 0 Å². The second-order valence-corrected chi connectivity index (χ2v) is 7.45. The molecule has 2 aliphatic rings. The number of nitrogens with zero attached hydrogens (tertiary/aromatic N) is 3. The van der Waals surface area contributed by atoms with Gasteiger partial charge in [0, 0.05) is 38.3 Å². The average molecular weight is 349 g/mol. The average Bonchev–Trinajstić information content (AvgIpc) is 3.18. The molecule has 134 valence electrons. The van der Waals surface area contributed by atoms with Gasteiger partial charge in [-0.25, -0.2) is 4.98 Å². The maximum Gasteiger partial charge on any atom is 0.272 e. The van der Waals surface area contributed by atoms with Crippen LogP contribution >= 0.6 is 0 Å². The molecule has 5 nitrogen and oxygen atoms in total. The predicted molar refractivity (Wildman–Crippen MR) is 98.7 cm³/mol. The minimum Gasteiger partial charge on any atom is -0.345 e. The van der Waals surface area contributed by atoms with E-state index in [0.29, 0.717) is 18.8 Å². The third kappa shape index (κ3) is 2.59. The molecule has 26 heavy (non-hydrogen) atoms. The molecular weight excluding hydrogens is 326 g/mol. The first-order valence-corrected chi connectivity index (χ1v) is 9.05. The SMILES string of the molecule is Cc1cccc(C(=O)N2C[C@@H](c3ccccc3)[C@@]3(CCN(C)C3=O)C2)n1. The fourth-order valence-electron chi connectivity index (χ4n) is 4.42. The Morgan fingerprint density at radius 2 is 1.92 bits per heavy atom. The lowest BCUT2D eigenvalue weighted by Crippen LogP contribution is -2.39. The molecule has 2 aliphatic heterocycles. The van der Waals surface area contributed by atoms with Crippen LogP contribution in [0.2, 0.25) is 0 Å². The molecule has 1 aromatic carbocycles. The first-order valence-electron chi connectivity index (χ1n) is 9.05. The Morgan fingerprint density at radius 3 is 2.58 bits per heavy atom. The predicted octanol–water partition coefficient (Wildman–Crippen LogP) is 2.48. The Labute approximate surface area is 153 Å². The quantitative estimate of drug-likeness (QED) is 0.837. The zero-order chi connectivity index (χ0) is 18.3. The smallest absolute Gasteiger partial charge is 0.272 e. The number of benzene rings is 1. The highest BCUT2D eigenvalue weighted by Crippen LogP contribution is 2.49. The Bertz CT molecular complexity index is 851. The highest BCUT2D eigenvalue weighted by molar-refractivity contribution is 5.94. The van der Waals surface area contributed by atoms with Gasteiger partial charge in [-0.1, -0.05) is 36.4 Å². The van der Waals surface area contributed by atoms with E-state index in [1.807, 2.05) is 49.2 Å². The Morgan fingerprint density at radius 1 is 1.15 bits per heavy atom. The van der Waals surface area contributed by atoms with Crippen molar-refractivity contribution in [2.45, 2.75) is 19.3 Å². The van der Waals surface area contributed by atoms with Gasteiger partial charge in [-0.15, -0.1) is 0 Å². The Balaban J connectivity index is 1.70. The van der Waals surface area contributed by atoms with Crippen LogP contribution in [0.15, 0.2) is 48.5 Å². The number of pyridine rings is 1. The second-order valence-electron chi connectivity index (χ2n) is 7.45. The van der Waals surface area contributed by atoms with Crippen molar-refractivity contribution >= 4 is 11.8 Å². The number of aryl methyl sites for hydroxylation is 1. The van der Waals surface area contributed by atoms with Crippen LogP contribution in [0.25, 0.3) is 0 Å². The van der Waals surface area contributed by atoms with E-state index >= 15 is 0 Å². The molecule has 1 spiro atoms. The van der Waals surface area contributed by atoms with Gasteiger partial charge in [0.05, 0.1) is 5.41 Å². The van der Waals surface area contributed by atoms with Gasteiger partial charge in [0.15, 0.2) is 0 Å². The Kier molecular flexibility index (Phi) is 4.02. The van der Waals surface area contributed by atoms with Gasteiger partial charge in [-0.2, -0.15) is 0 Å². The summed E-state index contributed by atoms with van der Waals surface area (Å²) in [5.41, 5.74) is 1.88. The molecule has 3 heterocycles. The molecule has 2 saturated heterocycles. The summed E-state index contributed by atoms with van der Waals surface area (Å²) in [7, 11) is 1.85. The molecule has 0 aliphatic carbocycles. The van der Waals surface area contributed by atoms with E-state index in [-0.39, 0.29) is 17.7 Å². The van der Waals surface area contributed by atoms with Crippen molar-refractivity contribution in [1.82, 2.24) is 14.8 Å². The van der Waals surface area contributed by atoms with Crippen LogP contribution in [0.4, 0.5) is 0 Å². The molecule has 0 unspecified atom stereocenters. The standard InChI is InChI=1S/C21H23N3O2/c1-15-7-6-10-18(22-15)19(25)24-13-17(16-8-4-3-5-9-16)21(14-24)11-12-23(2)20(21)26/h3-10,17H,11-14H2,1-2H3/t17-,21+/m0/s1. The molecule has 0 saturated carbocycles. The minimum absolute atomic E-state index is 0.0231. The number of carbonyl (C=O) groups is 2. The topological polar surface area (TPSA) is 53.5 Å². The van der Waals surface area contributed by atoms with E-state index in [0.717, 1.165) is 24.2 Å². The van der Waals surface area contributed by atoms with E-state index in [9.17, 15) is 9.59 Å². The molecule has 5 heteroatoms. The van der Waals surface area contributed by atoms with E-state index in [4.69, 9.17) is 0 Å². The fourth-order valence-corrected chi connectivity index (χ4v) is 4.42. The normalized spacial score (nSPS) is 25.3. The fraction of sp³-hybridized carbons (Fsp3) is 0.381. The van der Waals surface area contributed by atoms with Gasteiger partial charge in [0.25, 0.3) is 5.91 Å². The lowest BCUT2D eigenvalue weighted by Gasteiger charge is -2.28. The third-order valence-electron chi connectivity index (χ3n) is 5.81. The Hall–Kier alpha value is -2.69. The number of amides is 2. The number of hydrogen-bond donors (Lipinski definition) is 0. The van der Waals surface area contributed by atoms with Gasteiger partial charge in [-0.05, 0) is 31.0 Å². The van der Waals surface area contributed by atoms with Crippen LogP contribution in [-0.4, -0.2) is 53.3 Å². The molecule has 0 N–H and O–H groups in total. The van der Waals surface area contributed by atoms with Crippen molar-refractivity contribution < 1.29 is 9.59 Å². The van der Waals surface area contributed by atoms with Crippen LogP contribution in [0.1, 0.15) is 34.1 Å². The minimum atomic E-state index is -0.518. The highest BCUT2D eigenvalue weighted by atomic mass is 16.2. The molecule has 0 bridgehead atoms. The summed E-state index contributed by atoms with van der Waals surface area (Å²) in [6.45, 7) is 3.64. The summed E-state index contributed by atoms with van der Waals surface area (Å²) in [5.74, 6) is 0.0858. The van der Waals surface area contributed by atoms with Crippen LogP contribution in [0.5, 0.6) is 0 Å². The van der Waals surface area contributed by atoms with Crippen molar-refractivity contribution in [2.24, 2.45) is 5.41 Å². The van der Waals surface area contributed by atoms with E-state index in [1.165, 1.54) is 0 Å². The molecule has 0 radical (unpaired) electrons. The molecule has 2 fully saturated rings. The highest BCUT2D eigenvalue weighted by Gasteiger charge is 2.57. The van der Waals surface area contributed by atoms with Crippen LogP contribution in [-0.2, 0) is 4.79 Å². The number of aromatic nitrogens is 1. The van der Waals surface area contributed by atoms with Crippen LogP contribution in [0.3, 0.4) is 0 Å². The maximum absolute atomic E-state index is 13.0. The van der Waals surface area contributed by atoms with E-state index in [1.54, 1.807) is 11.0 Å². The van der Waals surface area contributed by atoms with Crippen molar-refractivity contribution in [3.05, 3.63) is 65.5 Å². The molecule has 1 aromatic heterocycles. The third-order valence-corrected chi connectivity index (χ3v) is 5.81. The summed E-state index contributed by atoms with van der Waals surface area (Å²) >= 11 is 0. The van der Waals surface area contributed by atoms with E-state index in [2.05, 4.69) is 17.1 Å². The first-order chi connectivity index (χ1) is 12.5. The molecular formula is C21H23N3O2. The van der Waals surface area contributed by atoms with Crippen LogP contribution in [0, 0.1) is 12.3 Å². The van der Waals surface area contributed by atoms with Gasteiger partial charge < -0.3 is 9.80 Å². The lowest BCUT2D eigenvalue weighted by molar-refractivity contribution is -0.134. The summed E-state index contributed by atoms with van der Waals surface area (Å²) in [6, 6.07) is 15.6. The summed E-state index contributed by atoms with van der Waals surface area (Å²) in [6.07, 6.45) is 0.785. The lowest BCUT2D eigenvalue weighted by atomic mass is 9.73. The van der Waals surface area contributed by atoms with Gasteiger partial charge in [-0.3, -0.25) is 9.59 Å². The second kappa shape index (κ2) is 6.24. The molecule has 2 aromatic rings. The van der Waals surface area contributed by atoms with Crippen molar-refractivity contribution in [1.29, 1.82) is 0 Å². The van der Waals surface area contributed by atoms with Gasteiger partial charge in [0.2, 0.25) is 5.91 Å². The van der Waals surface area contributed by atoms with Crippen molar-refractivity contribution in [3.8, 4) is 0 Å². The first kappa shape index (κ1) is 16.8. The summed E-state index contributed by atoms with van der Waals surface area (Å²) in [5, 5.41) is 0. The molecule has 2 amide bonds. The summed E-state index contributed by atoms with van der Waals surface area (Å²) < 4.78 is 0. The zero-order valence-corrected chi connectivity index (χ0v) is 15.2. The largest absolute Gasteiger partial charge is 0.345 e. The molecule has 2 atom stereocenters. The summed E-state index contributed by atoms with van der Waals surface area (Å²) in [4.78, 5) is 34.1. The number of rotatable bonds is 2. The van der Waals surface area contributed by atoms with Crippen molar-refractivity contribution in [2.75, 3.05) is 26.7 Å². The molecule has 4 rings (SSSR count). The van der Waals surface area contributed by atoms with Gasteiger partial charge in [0.1, 0.15) is 5.69 Å². The zero-order valence-electron chi connectivity index (χ0n) is 15.2. The van der Waals surface area contributed by atoms with Crippen molar-refractivity contribution in [3.63, 3.8) is 0 Å². The monoisotopic (exact) mass is 349 g/mol. The number of likely N-dealkylation sites (tertiary alicyclic amines) is 2. The maximum atomic E-state index is 13.0. The number of hydrogen-bond acceptors (Lipinski definition) is 3.